The van der Waals surface area contributed by atoms with E-state index in [0.29, 0.717) is 5.56 Å². The third kappa shape index (κ3) is 5.19. The fourth-order valence-corrected chi connectivity index (χ4v) is 1.93. The molecule has 0 saturated heterocycles. The minimum absolute atomic E-state index is 0.196. The first-order valence-electron chi connectivity index (χ1n) is 6.84. The minimum Gasteiger partial charge on any atom is -0.481 e. The maximum atomic E-state index is 12.0. The van der Waals surface area contributed by atoms with Gasteiger partial charge in [0.1, 0.15) is 5.60 Å². The van der Waals surface area contributed by atoms with Crippen molar-refractivity contribution in [3.05, 3.63) is 35.4 Å². The number of carboxylic acids is 1. The Morgan fingerprint density at radius 3 is 2.27 bits per heavy atom. The number of aliphatic carboxylic acids is 1. The number of rotatable bonds is 5. The van der Waals surface area contributed by atoms with Gasteiger partial charge in [-0.15, -0.1) is 0 Å². The summed E-state index contributed by atoms with van der Waals surface area (Å²) in [7, 11) is 0. The summed E-state index contributed by atoms with van der Waals surface area (Å²) in [5.41, 5.74) is 6.37. The fraction of sp³-hybridized carbons (Fsp3) is 0.438. The van der Waals surface area contributed by atoms with E-state index in [1.807, 2.05) is 6.07 Å². The van der Waals surface area contributed by atoms with Crippen LogP contribution in [0.2, 0.25) is 0 Å². The van der Waals surface area contributed by atoms with Gasteiger partial charge >= 0.3 is 11.9 Å². The Morgan fingerprint density at radius 2 is 1.86 bits per heavy atom. The number of carbonyl (C=O) groups excluding carboxylic acids is 1. The number of hydrogen-bond donors (Lipinski definition) is 2. The highest BCUT2D eigenvalue weighted by Gasteiger charge is 2.36. The summed E-state index contributed by atoms with van der Waals surface area (Å²) in [5.74, 6) is -3.59. The SMILES string of the molecule is CC(C)(C)OC(=O)[C@@H](C(=O)O)C(N)Cc1ccc(C#N)cc1. The number of carboxylic acid groups (broad SMARTS) is 1. The van der Waals surface area contributed by atoms with Crippen LogP contribution in [0.5, 0.6) is 0 Å². The van der Waals surface area contributed by atoms with E-state index in [1.54, 1.807) is 45.0 Å². The van der Waals surface area contributed by atoms with Crippen LogP contribution in [0, 0.1) is 17.2 Å². The average Bonchev–Trinajstić information content (AvgIpc) is 2.36. The molecule has 1 unspecified atom stereocenters. The predicted octanol–water partition coefficient (Wildman–Crippen LogP) is 1.47. The van der Waals surface area contributed by atoms with E-state index in [9.17, 15) is 14.7 Å². The van der Waals surface area contributed by atoms with E-state index < -0.39 is 29.5 Å². The molecular weight excluding hydrogens is 284 g/mol. The van der Waals surface area contributed by atoms with Gasteiger partial charge < -0.3 is 15.6 Å². The topological polar surface area (TPSA) is 113 Å². The second-order valence-corrected chi connectivity index (χ2v) is 6.03. The quantitative estimate of drug-likeness (QED) is 0.629. The zero-order chi connectivity index (χ0) is 16.9. The van der Waals surface area contributed by atoms with Gasteiger partial charge in [-0.3, -0.25) is 9.59 Å². The molecule has 118 valence electrons. The number of ether oxygens (including phenoxy) is 1. The lowest BCUT2D eigenvalue weighted by atomic mass is 9.93. The van der Waals surface area contributed by atoms with Crippen molar-refractivity contribution in [1.82, 2.24) is 0 Å². The van der Waals surface area contributed by atoms with Gasteiger partial charge in [0, 0.05) is 6.04 Å². The molecule has 2 atom stereocenters. The number of carbonyl (C=O) groups is 2. The molecule has 0 aliphatic rings. The molecule has 1 aromatic rings. The van der Waals surface area contributed by atoms with Crippen molar-refractivity contribution in [2.75, 3.05) is 0 Å². The molecule has 0 radical (unpaired) electrons. The van der Waals surface area contributed by atoms with E-state index in [1.165, 1.54) is 0 Å². The molecule has 0 aromatic heterocycles. The molecular formula is C16H20N2O4. The highest BCUT2D eigenvalue weighted by Crippen LogP contribution is 2.16. The van der Waals surface area contributed by atoms with Crippen LogP contribution in [0.25, 0.3) is 0 Å². The smallest absolute Gasteiger partial charge is 0.322 e. The number of nitrogens with zero attached hydrogens (tertiary/aromatic N) is 1. The minimum atomic E-state index is -1.44. The third-order valence-electron chi connectivity index (χ3n) is 2.91. The third-order valence-corrected chi connectivity index (χ3v) is 2.91. The molecule has 22 heavy (non-hydrogen) atoms. The van der Waals surface area contributed by atoms with Crippen molar-refractivity contribution in [3.63, 3.8) is 0 Å². The average molecular weight is 304 g/mol. The number of nitriles is 1. The Labute approximate surface area is 129 Å². The fourth-order valence-electron chi connectivity index (χ4n) is 1.93. The molecule has 0 amide bonds. The van der Waals surface area contributed by atoms with Crippen LogP contribution in [0.4, 0.5) is 0 Å². The summed E-state index contributed by atoms with van der Waals surface area (Å²) >= 11 is 0. The number of nitrogens with two attached hydrogens (primary N) is 1. The van der Waals surface area contributed by atoms with Crippen molar-refractivity contribution < 1.29 is 19.4 Å². The summed E-state index contributed by atoms with van der Waals surface area (Å²) in [6.45, 7) is 4.99. The van der Waals surface area contributed by atoms with Crippen molar-refractivity contribution in [1.29, 1.82) is 5.26 Å². The molecule has 0 heterocycles. The van der Waals surface area contributed by atoms with E-state index in [0.717, 1.165) is 5.56 Å². The summed E-state index contributed by atoms with van der Waals surface area (Å²) in [4.78, 5) is 23.3. The van der Waals surface area contributed by atoms with E-state index >= 15 is 0 Å². The van der Waals surface area contributed by atoms with Crippen molar-refractivity contribution in [3.8, 4) is 6.07 Å². The molecule has 1 rings (SSSR count). The van der Waals surface area contributed by atoms with Gasteiger partial charge in [0.25, 0.3) is 0 Å². The normalized spacial score (nSPS) is 13.8. The molecule has 0 fully saturated rings. The molecule has 0 bridgehead atoms. The molecule has 1 aromatic carbocycles. The first-order valence-corrected chi connectivity index (χ1v) is 6.84. The van der Waals surface area contributed by atoms with Crippen molar-refractivity contribution >= 4 is 11.9 Å². The van der Waals surface area contributed by atoms with E-state index in [-0.39, 0.29) is 6.42 Å². The molecule has 6 heteroatoms. The van der Waals surface area contributed by atoms with Gasteiger partial charge in [-0.2, -0.15) is 5.26 Å². The van der Waals surface area contributed by atoms with Crippen LogP contribution < -0.4 is 5.73 Å². The van der Waals surface area contributed by atoms with Gasteiger partial charge in [0.15, 0.2) is 5.92 Å². The van der Waals surface area contributed by atoms with Crippen LogP contribution >= 0.6 is 0 Å². The van der Waals surface area contributed by atoms with E-state index in [4.69, 9.17) is 15.7 Å². The van der Waals surface area contributed by atoms with Crippen LogP contribution in [-0.4, -0.2) is 28.7 Å². The molecule has 6 nitrogen and oxygen atoms in total. The van der Waals surface area contributed by atoms with Gasteiger partial charge in [-0.25, -0.2) is 0 Å². The largest absolute Gasteiger partial charge is 0.481 e. The van der Waals surface area contributed by atoms with Crippen LogP contribution in [0.1, 0.15) is 31.9 Å². The van der Waals surface area contributed by atoms with Gasteiger partial charge in [-0.05, 0) is 44.9 Å². The molecule has 0 spiro atoms. The van der Waals surface area contributed by atoms with E-state index in [2.05, 4.69) is 0 Å². The lowest BCUT2D eigenvalue weighted by molar-refractivity contribution is -0.167. The maximum absolute atomic E-state index is 12.0. The van der Waals surface area contributed by atoms with Crippen LogP contribution in [0.3, 0.4) is 0 Å². The monoisotopic (exact) mass is 304 g/mol. The molecule has 3 N–H and O–H groups in total. The Bertz CT molecular complexity index is 582. The van der Waals surface area contributed by atoms with Gasteiger partial charge in [-0.1, -0.05) is 12.1 Å². The zero-order valence-electron chi connectivity index (χ0n) is 12.9. The Kier molecular flexibility index (Phi) is 5.66. The Hall–Kier alpha value is -2.39. The van der Waals surface area contributed by atoms with Crippen molar-refractivity contribution in [2.45, 2.75) is 38.8 Å². The van der Waals surface area contributed by atoms with Gasteiger partial charge in [0.2, 0.25) is 0 Å². The Balaban J connectivity index is 2.85. The number of esters is 1. The summed E-state index contributed by atoms with van der Waals surface area (Å²) in [6.07, 6.45) is 0.196. The Morgan fingerprint density at radius 1 is 1.32 bits per heavy atom. The lowest BCUT2D eigenvalue weighted by Crippen LogP contribution is -2.45. The maximum Gasteiger partial charge on any atom is 0.322 e. The standard InChI is InChI=1S/C16H20N2O4/c1-16(2,3)22-15(21)13(14(19)20)12(18)8-10-4-6-11(9-17)7-5-10/h4-7,12-13H,8,18H2,1-3H3,(H,19,20)/t12?,13-/m1/s1. The second-order valence-electron chi connectivity index (χ2n) is 6.03. The molecule has 0 aliphatic heterocycles. The molecule has 0 aliphatic carbocycles. The summed E-state index contributed by atoms with van der Waals surface area (Å²) in [5, 5.41) is 18.0. The summed E-state index contributed by atoms with van der Waals surface area (Å²) in [6, 6.07) is 7.68. The lowest BCUT2D eigenvalue weighted by Gasteiger charge is -2.25. The first kappa shape index (κ1) is 17.7. The van der Waals surface area contributed by atoms with Crippen LogP contribution in [-0.2, 0) is 20.7 Å². The highest BCUT2D eigenvalue weighted by molar-refractivity contribution is 5.95. The zero-order valence-corrected chi connectivity index (χ0v) is 12.9. The second kappa shape index (κ2) is 7.05. The first-order chi connectivity index (χ1) is 10.1. The van der Waals surface area contributed by atoms with Gasteiger partial charge in [0.05, 0.1) is 11.6 Å². The number of benzene rings is 1. The highest BCUT2D eigenvalue weighted by atomic mass is 16.6. The predicted molar refractivity (Wildman–Crippen MR) is 79.8 cm³/mol. The van der Waals surface area contributed by atoms with Crippen molar-refractivity contribution in [2.24, 2.45) is 11.7 Å². The number of hydrogen-bond acceptors (Lipinski definition) is 5. The summed E-state index contributed by atoms with van der Waals surface area (Å²) < 4.78 is 5.11. The molecule has 0 saturated carbocycles. The van der Waals surface area contributed by atoms with Crippen LogP contribution in [0.15, 0.2) is 24.3 Å².